The van der Waals surface area contributed by atoms with Gasteiger partial charge in [-0.3, -0.25) is 9.69 Å². The van der Waals surface area contributed by atoms with E-state index in [9.17, 15) is 4.79 Å². The van der Waals surface area contributed by atoms with Gasteiger partial charge in [-0.15, -0.1) is 0 Å². The molecule has 140 valence electrons. The average molecular weight is 349 g/mol. The van der Waals surface area contributed by atoms with Crippen LogP contribution in [-0.2, 0) is 9.53 Å². The van der Waals surface area contributed by atoms with E-state index in [2.05, 4.69) is 15.1 Å². The Hall–Kier alpha value is -1.63. The highest BCUT2D eigenvalue weighted by atomic mass is 16.5. The molecule has 2 atom stereocenters. The molecule has 0 bridgehead atoms. The van der Waals surface area contributed by atoms with Crippen molar-refractivity contribution in [3.63, 3.8) is 0 Å². The predicted octanol–water partition coefficient (Wildman–Crippen LogP) is 1.14. The number of hydrogen-bond donors (Lipinski definition) is 1. The molecule has 0 aromatic heterocycles. The van der Waals surface area contributed by atoms with Crippen LogP contribution in [0, 0.1) is 6.92 Å². The Balaban J connectivity index is 1.70. The van der Waals surface area contributed by atoms with Crippen LogP contribution in [0.4, 0.5) is 0 Å². The Kier molecular flexibility index (Phi) is 7.68. The van der Waals surface area contributed by atoms with E-state index in [0.717, 1.165) is 30.9 Å². The van der Waals surface area contributed by atoms with Crippen molar-refractivity contribution >= 4 is 5.91 Å². The smallest absolute Gasteiger partial charge is 0.237 e. The molecular formula is C19H31N3O3. The number of benzene rings is 1. The first-order valence-corrected chi connectivity index (χ1v) is 8.93. The molecule has 0 unspecified atom stereocenters. The monoisotopic (exact) mass is 349 g/mol. The summed E-state index contributed by atoms with van der Waals surface area (Å²) in [6.07, 6.45) is 0.156. The number of likely N-dealkylation sites (N-methyl/N-ethyl adjacent to an activating group) is 1. The number of carbonyl (C=O) groups is 1. The lowest BCUT2D eigenvalue weighted by molar-refractivity contribution is -0.129. The Morgan fingerprint density at radius 2 is 2.28 bits per heavy atom. The molecular weight excluding hydrogens is 318 g/mol. The number of ether oxygens (including phenoxy) is 2. The maximum atomic E-state index is 12.4. The third-order valence-corrected chi connectivity index (χ3v) is 4.33. The van der Waals surface area contributed by atoms with Crippen molar-refractivity contribution in [1.29, 1.82) is 0 Å². The summed E-state index contributed by atoms with van der Waals surface area (Å²) in [7, 11) is 4.07. The Morgan fingerprint density at radius 1 is 1.48 bits per heavy atom. The molecule has 0 radical (unpaired) electrons. The standard InChI is InChI=1S/C19H31N3O3/c1-15-6-5-7-17(12-15)24-10-8-20-19(23)16(2)22-9-11-25-18(14-22)13-21(3)4/h5-7,12,16,18H,8-11,13-14H2,1-4H3,(H,20,23)/t16-,18-/m0/s1. The van der Waals surface area contributed by atoms with Crippen LogP contribution >= 0.6 is 0 Å². The normalized spacial score (nSPS) is 19.6. The molecule has 1 saturated heterocycles. The van der Waals surface area contributed by atoms with Crippen molar-refractivity contribution in [2.24, 2.45) is 0 Å². The van der Waals surface area contributed by atoms with Crippen molar-refractivity contribution in [2.75, 3.05) is 53.5 Å². The summed E-state index contributed by atoms with van der Waals surface area (Å²) < 4.78 is 11.4. The van der Waals surface area contributed by atoms with Gasteiger partial charge >= 0.3 is 0 Å². The van der Waals surface area contributed by atoms with Gasteiger partial charge in [0.05, 0.1) is 25.3 Å². The SMILES string of the molecule is Cc1cccc(OCCNC(=O)[C@H](C)N2CCO[C@@H](CN(C)C)C2)c1. The van der Waals surface area contributed by atoms with Gasteiger partial charge in [-0.05, 0) is 45.6 Å². The first-order chi connectivity index (χ1) is 12.0. The Labute approximate surface area is 151 Å². The van der Waals surface area contributed by atoms with E-state index in [0.29, 0.717) is 19.8 Å². The maximum Gasteiger partial charge on any atom is 0.237 e. The van der Waals surface area contributed by atoms with Crippen LogP contribution in [0.15, 0.2) is 24.3 Å². The van der Waals surface area contributed by atoms with Gasteiger partial charge in [0.25, 0.3) is 0 Å². The van der Waals surface area contributed by atoms with Crippen LogP contribution in [0.5, 0.6) is 5.75 Å². The third kappa shape index (κ3) is 6.65. The molecule has 0 spiro atoms. The van der Waals surface area contributed by atoms with Crippen molar-refractivity contribution in [1.82, 2.24) is 15.1 Å². The van der Waals surface area contributed by atoms with Crippen molar-refractivity contribution in [3.05, 3.63) is 29.8 Å². The van der Waals surface area contributed by atoms with Crippen LogP contribution in [-0.4, -0.2) is 81.3 Å². The molecule has 1 aromatic rings. The van der Waals surface area contributed by atoms with Crippen LogP contribution in [0.2, 0.25) is 0 Å². The molecule has 1 N–H and O–H groups in total. The quantitative estimate of drug-likeness (QED) is 0.714. The second-order valence-electron chi connectivity index (χ2n) is 6.88. The van der Waals surface area contributed by atoms with Crippen LogP contribution in [0.1, 0.15) is 12.5 Å². The molecule has 6 nitrogen and oxygen atoms in total. The fourth-order valence-corrected chi connectivity index (χ4v) is 2.97. The lowest BCUT2D eigenvalue weighted by atomic mass is 10.2. The van der Waals surface area contributed by atoms with Crippen molar-refractivity contribution in [3.8, 4) is 5.75 Å². The number of rotatable bonds is 8. The highest BCUT2D eigenvalue weighted by Crippen LogP contribution is 2.12. The van der Waals surface area contributed by atoms with Crippen molar-refractivity contribution < 1.29 is 14.3 Å². The average Bonchev–Trinajstić information content (AvgIpc) is 2.57. The summed E-state index contributed by atoms with van der Waals surface area (Å²) in [5, 5.41) is 2.96. The van der Waals surface area contributed by atoms with E-state index in [-0.39, 0.29) is 18.1 Å². The number of carbonyl (C=O) groups excluding carboxylic acids is 1. The summed E-state index contributed by atoms with van der Waals surface area (Å²) >= 11 is 0. The lowest BCUT2D eigenvalue weighted by Gasteiger charge is -2.37. The van der Waals surface area contributed by atoms with Crippen LogP contribution < -0.4 is 10.1 Å². The molecule has 0 saturated carbocycles. The van der Waals surface area contributed by atoms with Gasteiger partial charge in [0.1, 0.15) is 12.4 Å². The van der Waals surface area contributed by atoms with E-state index in [1.165, 1.54) is 0 Å². The van der Waals surface area contributed by atoms with Crippen LogP contribution in [0.25, 0.3) is 0 Å². The van der Waals surface area contributed by atoms with Gasteiger partial charge in [-0.1, -0.05) is 12.1 Å². The fourth-order valence-electron chi connectivity index (χ4n) is 2.97. The fraction of sp³-hybridized carbons (Fsp3) is 0.632. The van der Waals surface area contributed by atoms with Gasteiger partial charge in [0, 0.05) is 19.6 Å². The molecule has 25 heavy (non-hydrogen) atoms. The summed E-state index contributed by atoms with van der Waals surface area (Å²) in [6, 6.07) is 7.75. The zero-order valence-electron chi connectivity index (χ0n) is 15.8. The molecule has 2 rings (SSSR count). The molecule has 6 heteroatoms. The first-order valence-electron chi connectivity index (χ1n) is 8.93. The third-order valence-electron chi connectivity index (χ3n) is 4.33. The van der Waals surface area contributed by atoms with E-state index >= 15 is 0 Å². The minimum Gasteiger partial charge on any atom is -0.492 e. The van der Waals surface area contributed by atoms with Gasteiger partial charge in [-0.25, -0.2) is 0 Å². The van der Waals surface area contributed by atoms with Gasteiger partial charge in [-0.2, -0.15) is 0 Å². The Bertz CT molecular complexity index is 550. The molecule has 1 heterocycles. The summed E-state index contributed by atoms with van der Waals surface area (Å²) in [5.41, 5.74) is 1.16. The second-order valence-corrected chi connectivity index (χ2v) is 6.88. The van der Waals surface area contributed by atoms with Gasteiger partial charge in [0.2, 0.25) is 5.91 Å². The molecule has 1 aliphatic heterocycles. The molecule has 1 aliphatic rings. The summed E-state index contributed by atoms with van der Waals surface area (Å²) in [6.45, 7) is 8.07. The number of aryl methyl sites for hydroxylation is 1. The second kappa shape index (κ2) is 9.75. The minimum atomic E-state index is -0.160. The summed E-state index contributed by atoms with van der Waals surface area (Å²) in [5.74, 6) is 0.875. The molecule has 1 aromatic carbocycles. The predicted molar refractivity (Wildman–Crippen MR) is 99.0 cm³/mol. The maximum absolute atomic E-state index is 12.4. The zero-order valence-corrected chi connectivity index (χ0v) is 15.8. The van der Waals surface area contributed by atoms with E-state index in [4.69, 9.17) is 9.47 Å². The highest BCUT2D eigenvalue weighted by molar-refractivity contribution is 5.81. The van der Waals surface area contributed by atoms with Crippen molar-refractivity contribution in [2.45, 2.75) is 26.0 Å². The first kappa shape index (κ1) is 19.7. The lowest BCUT2D eigenvalue weighted by Crippen LogP contribution is -2.54. The van der Waals surface area contributed by atoms with Gasteiger partial charge in [0.15, 0.2) is 0 Å². The van der Waals surface area contributed by atoms with E-state index in [1.54, 1.807) is 0 Å². The molecule has 0 aliphatic carbocycles. The van der Waals surface area contributed by atoms with Crippen LogP contribution in [0.3, 0.4) is 0 Å². The number of hydrogen-bond acceptors (Lipinski definition) is 5. The topological polar surface area (TPSA) is 54.0 Å². The number of morpholine rings is 1. The van der Waals surface area contributed by atoms with E-state index in [1.807, 2.05) is 52.2 Å². The Morgan fingerprint density at radius 3 is 3.00 bits per heavy atom. The molecule has 1 fully saturated rings. The van der Waals surface area contributed by atoms with E-state index < -0.39 is 0 Å². The largest absolute Gasteiger partial charge is 0.492 e. The van der Waals surface area contributed by atoms with Gasteiger partial charge < -0.3 is 19.7 Å². The summed E-state index contributed by atoms with van der Waals surface area (Å²) in [4.78, 5) is 16.7. The molecule has 1 amide bonds. The minimum absolute atomic E-state index is 0.0401. The zero-order chi connectivity index (χ0) is 18.2. The number of amides is 1. The number of nitrogens with zero attached hydrogens (tertiary/aromatic N) is 2. The number of nitrogens with one attached hydrogen (secondary N) is 1. The highest BCUT2D eigenvalue weighted by Gasteiger charge is 2.27.